The second-order valence-corrected chi connectivity index (χ2v) is 6.39. The molecule has 0 aromatic heterocycles. The number of esters is 1. The summed E-state index contributed by atoms with van der Waals surface area (Å²) < 4.78 is 5.60. The van der Waals surface area contributed by atoms with Crippen LogP contribution in [-0.4, -0.2) is 17.0 Å². The van der Waals surface area contributed by atoms with Gasteiger partial charge in [0.25, 0.3) is 5.79 Å². The van der Waals surface area contributed by atoms with Crippen LogP contribution in [0.3, 0.4) is 0 Å². The van der Waals surface area contributed by atoms with Crippen molar-refractivity contribution in [2.45, 2.75) is 33.0 Å². The number of hydrogen-bond donors (Lipinski definition) is 1. The number of fused-ring (bicyclic) bond motifs is 2. The van der Waals surface area contributed by atoms with E-state index in [0.717, 1.165) is 12.0 Å². The topological polar surface area (TPSA) is 72.8 Å². The van der Waals surface area contributed by atoms with Crippen LogP contribution in [0.15, 0.2) is 42.5 Å². The minimum absolute atomic E-state index is 0.186. The zero-order valence-corrected chi connectivity index (χ0v) is 14.4. The van der Waals surface area contributed by atoms with Gasteiger partial charge in [-0.25, -0.2) is 5.26 Å². The van der Waals surface area contributed by atoms with Crippen molar-refractivity contribution in [3.05, 3.63) is 70.3 Å². The molecule has 25 heavy (non-hydrogen) atoms. The van der Waals surface area contributed by atoms with Crippen LogP contribution in [0.5, 0.6) is 0 Å². The third-order valence-electron chi connectivity index (χ3n) is 4.46. The summed E-state index contributed by atoms with van der Waals surface area (Å²) in [5.41, 5.74) is 2.31. The van der Waals surface area contributed by atoms with Gasteiger partial charge in [-0.2, -0.15) is 4.89 Å². The van der Waals surface area contributed by atoms with E-state index in [4.69, 9.17) is 9.62 Å². The zero-order chi connectivity index (χ0) is 18.2. The lowest BCUT2D eigenvalue weighted by Gasteiger charge is -2.36. The molecule has 130 valence electrons. The number of aryl methyl sites for hydroxylation is 1. The lowest BCUT2D eigenvalue weighted by atomic mass is 9.79. The molecular formula is C20H20O5. The normalized spacial score (nSPS) is 18.7. The first-order chi connectivity index (χ1) is 11.9. The van der Waals surface area contributed by atoms with Crippen molar-refractivity contribution in [1.82, 2.24) is 0 Å². The van der Waals surface area contributed by atoms with Crippen molar-refractivity contribution in [3.8, 4) is 0 Å². The summed E-state index contributed by atoms with van der Waals surface area (Å²) >= 11 is 0. The SMILES string of the molecule is CCc1ccc2c(c1)C(=O)c1ccccc1C2(OO)OC(=O)C(C)C. The minimum Gasteiger partial charge on any atom is -0.421 e. The summed E-state index contributed by atoms with van der Waals surface area (Å²) in [5, 5.41) is 9.79. The Bertz CT molecular complexity index is 840. The predicted octanol–water partition coefficient (Wildman–Crippen LogP) is 3.68. The monoisotopic (exact) mass is 340 g/mol. The van der Waals surface area contributed by atoms with E-state index in [1.54, 1.807) is 50.2 Å². The fourth-order valence-corrected chi connectivity index (χ4v) is 3.03. The molecule has 2 aromatic carbocycles. The van der Waals surface area contributed by atoms with E-state index in [9.17, 15) is 14.8 Å². The number of ketones is 1. The first-order valence-electron chi connectivity index (χ1n) is 8.27. The van der Waals surface area contributed by atoms with Crippen molar-refractivity contribution >= 4 is 11.8 Å². The molecule has 0 aliphatic heterocycles. The molecule has 1 N–H and O–H groups in total. The molecule has 1 aliphatic rings. The Hall–Kier alpha value is -2.50. The highest BCUT2D eigenvalue weighted by atomic mass is 17.1. The Morgan fingerprint density at radius 1 is 1.12 bits per heavy atom. The summed E-state index contributed by atoms with van der Waals surface area (Å²) in [5.74, 6) is -3.00. The predicted molar refractivity (Wildman–Crippen MR) is 91.1 cm³/mol. The molecule has 2 aromatic rings. The average Bonchev–Trinajstić information content (AvgIpc) is 2.64. The number of hydrogen-bond acceptors (Lipinski definition) is 5. The summed E-state index contributed by atoms with van der Waals surface area (Å²) in [6, 6.07) is 11.9. The first-order valence-corrected chi connectivity index (χ1v) is 8.27. The van der Waals surface area contributed by atoms with Crippen LogP contribution in [0, 0.1) is 5.92 Å². The van der Waals surface area contributed by atoms with E-state index in [-0.39, 0.29) is 5.78 Å². The smallest absolute Gasteiger partial charge is 0.311 e. The van der Waals surface area contributed by atoms with E-state index in [1.165, 1.54) is 0 Å². The summed E-state index contributed by atoms with van der Waals surface area (Å²) in [6.45, 7) is 5.36. The molecule has 0 fully saturated rings. The van der Waals surface area contributed by atoms with Gasteiger partial charge in [0.15, 0.2) is 5.78 Å². The molecule has 0 saturated heterocycles. The van der Waals surface area contributed by atoms with Gasteiger partial charge in [-0.3, -0.25) is 9.59 Å². The van der Waals surface area contributed by atoms with Crippen molar-refractivity contribution in [1.29, 1.82) is 0 Å². The van der Waals surface area contributed by atoms with Gasteiger partial charge in [-0.05, 0) is 18.1 Å². The lowest BCUT2D eigenvalue weighted by molar-refractivity contribution is -0.385. The maximum Gasteiger partial charge on any atom is 0.311 e. The third-order valence-corrected chi connectivity index (χ3v) is 4.46. The van der Waals surface area contributed by atoms with Crippen molar-refractivity contribution in [3.63, 3.8) is 0 Å². The number of rotatable bonds is 4. The molecular weight excluding hydrogens is 320 g/mol. The van der Waals surface area contributed by atoms with Gasteiger partial charge >= 0.3 is 5.97 Å². The van der Waals surface area contributed by atoms with Crippen molar-refractivity contribution in [2.24, 2.45) is 5.92 Å². The summed E-state index contributed by atoms with van der Waals surface area (Å²) in [7, 11) is 0. The van der Waals surface area contributed by atoms with E-state index >= 15 is 0 Å². The molecule has 0 radical (unpaired) electrons. The maximum absolute atomic E-state index is 12.9. The quantitative estimate of drug-likeness (QED) is 0.398. The molecule has 0 saturated carbocycles. The molecule has 0 bridgehead atoms. The Morgan fingerprint density at radius 2 is 1.80 bits per heavy atom. The van der Waals surface area contributed by atoms with Gasteiger partial charge in [-0.15, -0.1) is 0 Å². The van der Waals surface area contributed by atoms with Gasteiger partial charge in [0.2, 0.25) is 0 Å². The van der Waals surface area contributed by atoms with Crippen LogP contribution in [0.2, 0.25) is 0 Å². The molecule has 3 rings (SSSR count). The highest BCUT2D eigenvalue weighted by Gasteiger charge is 2.49. The van der Waals surface area contributed by atoms with Gasteiger partial charge in [0, 0.05) is 22.3 Å². The second kappa shape index (κ2) is 6.43. The lowest BCUT2D eigenvalue weighted by Crippen LogP contribution is -2.42. The second-order valence-electron chi connectivity index (χ2n) is 6.39. The van der Waals surface area contributed by atoms with E-state index in [1.807, 2.05) is 13.0 Å². The molecule has 0 heterocycles. The van der Waals surface area contributed by atoms with E-state index < -0.39 is 17.7 Å². The molecule has 5 heteroatoms. The average molecular weight is 340 g/mol. The van der Waals surface area contributed by atoms with Gasteiger partial charge < -0.3 is 4.74 Å². The van der Waals surface area contributed by atoms with Crippen LogP contribution in [0.4, 0.5) is 0 Å². The number of benzene rings is 2. The highest BCUT2D eigenvalue weighted by molar-refractivity contribution is 6.13. The largest absolute Gasteiger partial charge is 0.421 e. The third kappa shape index (κ3) is 2.65. The Labute approximate surface area is 146 Å². The zero-order valence-electron chi connectivity index (χ0n) is 14.4. The molecule has 1 aliphatic carbocycles. The number of carbonyl (C=O) groups excluding carboxylic acids is 2. The molecule has 1 unspecified atom stereocenters. The molecule has 0 spiro atoms. The van der Waals surface area contributed by atoms with Crippen LogP contribution >= 0.6 is 0 Å². The molecule has 5 nitrogen and oxygen atoms in total. The summed E-state index contributed by atoms with van der Waals surface area (Å²) in [6.07, 6.45) is 0.751. The van der Waals surface area contributed by atoms with Crippen LogP contribution in [-0.2, 0) is 26.6 Å². The first kappa shape index (κ1) is 17.3. The highest BCUT2D eigenvalue weighted by Crippen LogP contribution is 2.43. The van der Waals surface area contributed by atoms with Crippen LogP contribution in [0.1, 0.15) is 53.4 Å². The maximum atomic E-state index is 12.9. The van der Waals surface area contributed by atoms with Gasteiger partial charge in [0.05, 0.1) is 5.92 Å². The van der Waals surface area contributed by atoms with Crippen LogP contribution < -0.4 is 0 Å². The van der Waals surface area contributed by atoms with Crippen LogP contribution in [0.25, 0.3) is 0 Å². The Kier molecular flexibility index (Phi) is 4.45. The fraction of sp³-hybridized carbons (Fsp3) is 0.300. The molecule has 0 amide bonds. The van der Waals surface area contributed by atoms with Crippen molar-refractivity contribution in [2.75, 3.05) is 0 Å². The Morgan fingerprint density at radius 3 is 2.44 bits per heavy atom. The standard InChI is InChI=1S/C20H20O5/c1-4-13-9-10-17-15(11-13)18(21)14-7-5-6-8-16(14)20(17,25-23)24-19(22)12(2)3/h5-12,23H,4H2,1-3H3. The fourth-order valence-electron chi connectivity index (χ4n) is 3.03. The van der Waals surface area contributed by atoms with Crippen molar-refractivity contribution < 1.29 is 24.5 Å². The Balaban J connectivity index is 2.29. The van der Waals surface area contributed by atoms with Gasteiger partial charge in [-0.1, -0.05) is 57.2 Å². The van der Waals surface area contributed by atoms with E-state index in [0.29, 0.717) is 22.3 Å². The minimum atomic E-state index is -1.85. The summed E-state index contributed by atoms with van der Waals surface area (Å²) in [4.78, 5) is 30.0. The molecule has 1 atom stereocenters. The number of ether oxygens (including phenoxy) is 1. The number of carbonyl (C=O) groups is 2. The van der Waals surface area contributed by atoms with E-state index in [2.05, 4.69) is 0 Å². The van der Waals surface area contributed by atoms with Gasteiger partial charge in [0.1, 0.15) is 0 Å².